The lowest BCUT2D eigenvalue weighted by atomic mass is 10.3. The number of hydrogen-bond donors (Lipinski definition) is 0. The van der Waals surface area contributed by atoms with Crippen molar-refractivity contribution in [3.05, 3.63) is 22.6 Å². The summed E-state index contributed by atoms with van der Waals surface area (Å²) >= 11 is 1.92. The summed E-state index contributed by atoms with van der Waals surface area (Å²) in [5.41, 5.74) is 1.47. The van der Waals surface area contributed by atoms with Gasteiger partial charge in [-0.25, -0.2) is 0 Å². The van der Waals surface area contributed by atoms with E-state index >= 15 is 0 Å². The molecule has 44 valence electrons. The van der Waals surface area contributed by atoms with E-state index in [1.165, 1.54) is 16.2 Å². The second kappa shape index (κ2) is 2.40. The van der Waals surface area contributed by atoms with Crippen molar-refractivity contribution in [3.63, 3.8) is 0 Å². The van der Waals surface area contributed by atoms with Gasteiger partial charge in [0.1, 0.15) is 0 Å². The Labute approximate surface area is 54.7 Å². The molecule has 0 radical (unpaired) electrons. The summed E-state index contributed by atoms with van der Waals surface area (Å²) in [5.74, 6) is 1.18. The van der Waals surface area contributed by atoms with Crippen LogP contribution in [0.4, 0.5) is 0 Å². The van der Waals surface area contributed by atoms with Gasteiger partial charge in [0.15, 0.2) is 0 Å². The summed E-state index contributed by atoms with van der Waals surface area (Å²) in [6.45, 7) is 4.31. The highest BCUT2D eigenvalue weighted by molar-refractivity contribution is 8.03. The van der Waals surface area contributed by atoms with Crippen molar-refractivity contribution in [1.29, 1.82) is 0 Å². The van der Waals surface area contributed by atoms with Crippen LogP contribution in [0.2, 0.25) is 0 Å². The van der Waals surface area contributed by atoms with E-state index in [0.717, 1.165) is 0 Å². The van der Waals surface area contributed by atoms with Crippen LogP contribution in [0, 0.1) is 0 Å². The molecule has 0 bridgehead atoms. The molecule has 0 saturated carbocycles. The van der Waals surface area contributed by atoms with Crippen LogP contribution in [0.25, 0.3) is 0 Å². The largest absolute Gasteiger partial charge is 0.126 e. The van der Waals surface area contributed by atoms with Gasteiger partial charge in [-0.2, -0.15) is 0 Å². The summed E-state index contributed by atoms with van der Waals surface area (Å²) in [6.07, 6.45) is 4.36. The monoisotopic (exact) mass is 126 g/mol. The maximum absolute atomic E-state index is 2.19. The Bertz CT molecular complexity index is 124. The highest BCUT2D eigenvalue weighted by Crippen LogP contribution is 2.22. The highest BCUT2D eigenvalue weighted by Gasteiger charge is 1.96. The van der Waals surface area contributed by atoms with Crippen LogP contribution in [0.3, 0.4) is 0 Å². The molecule has 1 heterocycles. The second-order valence-electron chi connectivity index (χ2n) is 2.08. The Balaban J connectivity index is 2.65. The first-order valence-corrected chi connectivity index (χ1v) is 3.74. The molecule has 0 aliphatic carbocycles. The minimum Gasteiger partial charge on any atom is -0.126 e. The Morgan fingerprint density at radius 2 is 2.12 bits per heavy atom. The molecule has 0 saturated heterocycles. The fourth-order valence-corrected chi connectivity index (χ4v) is 1.30. The summed E-state index contributed by atoms with van der Waals surface area (Å²) in [5, 5.41) is 0. The van der Waals surface area contributed by atoms with Gasteiger partial charge in [0.25, 0.3) is 0 Å². The van der Waals surface area contributed by atoms with Crippen LogP contribution < -0.4 is 0 Å². The van der Waals surface area contributed by atoms with E-state index in [-0.39, 0.29) is 0 Å². The zero-order chi connectivity index (χ0) is 5.98. The van der Waals surface area contributed by atoms with Crippen molar-refractivity contribution in [2.24, 2.45) is 0 Å². The number of hydrogen-bond acceptors (Lipinski definition) is 1. The molecule has 0 spiro atoms. The fraction of sp³-hybridized carbons (Fsp3) is 0.429. The van der Waals surface area contributed by atoms with Crippen molar-refractivity contribution in [2.75, 3.05) is 5.75 Å². The topological polar surface area (TPSA) is 0 Å². The van der Waals surface area contributed by atoms with Gasteiger partial charge in [-0.05, 0) is 18.8 Å². The van der Waals surface area contributed by atoms with E-state index in [1.54, 1.807) is 0 Å². The van der Waals surface area contributed by atoms with Crippen molar-refractivity contribution in [1.82, 2.24) is 0 Å². The number of thioether (sulfide) groups is 1. The molecule has 1 rings (SSSR count). The fourth-order valence-electron chi connectivity index (χ4n) is 0.584. The third-order valence-corrected chi connectivity index (χ3v) is 2.32. The summed E-state index contributed by atoms with van der Waals surface area (Å²) in [4.78, 5) is 1.43. The average molecular weight is 126 g/mol. The van der Waals surface area contributed by atoms with Gasteiger partial charge in [0, 0.05) is 5.75 Å². The van der Waals surface area contributed by atoms with Gasteiger partial charge in [0.05, 0.1) is 0 Å². The standard InChI is InChI=1S/C7H10S/c1-6-3-4-7(2)8-5-6/h3-4H,5H2,1-2H3. The lowest BCUT2D eigenvalue weighted by molar-refractivity contribution is 1.39. The zero-order valence-corrected chi connectivity index (χ0v) is 6.09. The molecule has 0 nitrogen and oxygen atoms in total. The Kier molecular flexibility index (Phi) is 1.79. The summed E-state index contributed by atoms with van der Waals surface area (Å²) < 4.78 is 0. The van der Waals surface area contributed by atoms with Crippen LogP contribution in [-0.4, -0.2) is 5.75 Å². The first kappa shape index (κ1) is 5.96. The molecule has 1 aliphatic heterocycles. The molecule has 1 heteroatoms. The average Bonchev–Trinajstić information content (AvgIpc) is 1.77. The van der Waals surface area contributed by atoms with Gasteiger partial charge in [-0.15, -0.1) is 11.8 Å². The van der Waals surface area contributed by atoms with E-state index < -0.39 is 0 Å². The quantitative estimate of drug-likeness (QED) is 0.480. The first-order valence-electron chi connectivity index (χ1n) is 2.76. The lowest BCUT2D eigenvalue weighted by Crippen LogP contribution is -1.85. The summed E-state index contributed by atoms with van der Waals surface area (Å²) in [7, 11) is 0. The lowest BCUT2D eigenvalue weighted by Gasteiger charge is -2.05. The number of rotatable bonds is 0. The molecule has 0 amide bonds. The third-order valence-electron chi connectivity index (χ3n) is 1.13. The minimum atomic E-state index is 1.18. The van der Waals surface area contributed by atoms with E-state index in [2.05, 4.69) is 26.0 Å². The van der Waals surface area contributed by atoms with Gasteiger partial charge in [-0.1, -0.05) is 17.7 Å². The molecular formula is C7H10S. The summed E-state index contributed by atoms with van der Waals surface area (Å²) in [6, 6.07) is 0. The Morgan fingerprint density at radius 1 is 1.38 bits per heavy atom. The molecule has 0 fully saturated rings. The maximum Gasteiger partial charge on any atom is 0.0187 e. The predicted molar refractivity (Wildman–Crippen MR) is 40.0 cm³/mol. The number of allylic oxidation sites excluding steroid dienone is 3. The Morgan fingerprint density at radius 3 is 2.50 bits per heavy atom. The normalized spacial score (nSPS) is 19.8. The maximum atomic E-state index is 2.19. The van der Waals surface area contributed by atoms with Crippen LogP contribution in [0.15, 0.2) is 22.6 Å². The molecule has 0 aromatic heterocycles. The third kappa shape index (κ3) is 1.41. The van der Waals surface area contributed by atoms with Crippen LogP contribution in [0.5, 0.6) is 0 Å². The molecular weight excluding hydrogens is 116 g/mol. The molecule has 8 heavy (non-hydrogen) atoms. The van der Waals surface area contributed by atoms with Gasteiger partial charge >= 0.3 is 0 Å². The van der Waals surface area contributed by atoms with Gasteiger partial charge < -0.3 is 0 Å². The van der Waals surface area contributed by atoms with Crippen molar-refractivity contribution >= 4 is 11.8 Å². The van der Waals surface area contributed by atoms with E-state index in [1.807, 2.05) is 11.8 Å². The zero-order valence-electron chi connectivity index (χ0n) is 5.27. The van der Waals surface area contributed by atoms with E-state index in [0.29, 0.717) is 0 Å². The molecule has 0 aromatic rings. The Hall–Kier alpha value is -0.170. The van der Waals surface area contributed by atoms with Crippen LogP contribution in [0.1, 0.15) is 13.8 Å². The van der Waals surface area contributed by atoms with Crippen molar-refractivity contribution < 1.29 is 0 Å². The predicted octanol–water partition coefficient (Wildman–Crippen LogP) is 2.58. The van der Waals surface area contributed by atoms with Crippen molar-refractivity contribution in [2.45, 2.75) is 13.8 Å². The van der Waals surface area contributed by atoms with Crippen LogP contribution in [-0.2, 0) is 0 Å². The smallest absolute Gasteiger partial charge is 0.0187 e. The highest BCUT2D eigenvalue weighted by atomic mass is 32.2. The molecule has 0 N–H and O–H groups in total. The second-order valence-corrected chi connectivity index (χ2v) is 3.30. The molecule has 1 aliphatic rings. The SMILES string of the molecule is CC1=CC=C(C)SC1. The molecule has 0 unspecified atom stereocenters. The van der Waals surface area contributed by atoms with Gasteiger partial charge in [0.2, 0.25) is 0 Å². The van der Waals surface area contributed by atoms with E-state index in [4.69, 9.17) is 0 Å². The molecule has 0 atom stereocenters. The molecule has 0 aromatic carbocycles. The van der Waals surface area contributed by atoms with E-state index in [9.17, 15) is 0 Å². The first-order chi connectivity index (χ1) is 3.79. The minimum absolute atomic E-state index is 1.18. The van der Waals surface area contributed by atoms with Gasteiger partial charge in [-0.3, -0.25) is 0 Å². The van der Waals surface area contributed by atoms with Crippen molar-refractivity contribution in [3.8, 4) is 0 Å². The van der Waals surface area contributed by atoms with Crippen LogP contribution >= 0.6 is 11.8 Å².